The van der Waals surface area contributed by atoms with Crippen LogP contribution in [0.3, 0.4) is 0 Å². The molecule has 0 amide bonds. The fourth-order valence-corrected chi connectivity index (χ4v) is 3.60. The average molecular weight is 227 g/mol. The van der Waals surface area contributed by atoms with E-state index in [1.807, 2.05) is 0 Å². The van der Waals surface area contributed by atoms with Crippen molar-refractivity contribution in [2.45, 2.75) is 32.6 Å². The van der Waals surface area contributed by atoms with Crippen LogP contribution in [0.2, 0.25) is 0 Å². The molecule has 1 fully saturated rings. The van der Waals surface area contributed by atoms with E-state index in [1.165, 1.54) is 24.9 Å². The monoisotopic (exact) mass is 227 g/mol. The lowest BCUT2D eigenvalue weighted by molar-refractivity contribution is 0.277. The Labute approximate surface area is 104 Å². The third kappa shape index (κ3) is 1.64. The Balaban J connectivity index is 2.10. The molecule has 90 valence electrons. The third-order valence-electron chi connectivity index (χ3n) is 4.63. The van der Waals surface area contributed by atoms with E-state index in [4.69, 9.17) is 0 Å². The zero-order valence-electron chi connectivity index (χ0n) is 10.8. The van der Waals surface area contributed by atoms with E-state index in [0.717, 1.165) is 12.5 Å². The topological polar surface area (TPSA) is 12.0 Å². The molecule has 0 unspecified atom stereocenters. The molecule has 1 heterocycles. The van der Waals surface area contributed by atoms with E-state index in [-0.39, 0.29) is 0 Å². The number of hydrogen-bond acceptors (Lipinski definition) is 1. The molecule has 0 bridgehead atoms. The first-order chi connectivity index (χ1) is 8.24. The van der Waals surface area contributed by atoms with Crippen LogP contribution in [-0.2, 0) is 6.42 Å². The Morgan fingerprint density at radius 3 is 3.12 bits per heavy atom. The van der Waals surface area contributed by atoms with Crippen molar-refractivity contribution in [2.75, 3.05) is 13.1 Å². The molecule has 17 heavy (non-hydrogen) atoms. The zero-order valence-corrected chi connectivity index (χ0v) is 10.8. The summed E-state index contributed by atoms with van der Waals surface area (Å²) in [6.45, 7) is 6.89. The van der Waals surface area contributed by atoms with E-state index < -0.39 is 0 Å². The van der Waals surface area contributed by atoms with E-state index in [2.05, 4.69) is 49.5 Å². The standard InChI is InChI=1S/C16H21N/c1-3-5-12-6-4-7-14-13(12)8-9-16(2)11-17-10-15(14)16/h3-7,15,17H,8-11H2,1-2H3/b5-3-/t15-,16+/m0/s1. The van der Waals surface area contributed by atoms with Gasteiger partial charge in [-0.1, -0.05) is 37.3 Å². The lowest BCUT2D eigenvalue weighted by Gasteiger charge is -2.37. The second-order valence-corrected chi connectivity index (χ2v) is 5.75. The second kappa shape index (κ2) is 3.99. The summed E-state index contributed by atoms with van der Waals surface area (Å²) in [5.41, 5.74) is 5.11. The molecule has 1 nitrogen and oxygen atoms in total. The second-order valence-electron chi connectivity index (χ2n) is 5.75. The predicted molar refractivity (Wildman–Crippen MR) is 73.2 cm³/mol. The smallest absolute Gasteiger partial charge is 0.00324 e. The molecule has 1 heteroatoms. The Hall–Kier alpha value is -1.08. The maximum absolute atomic E-state index is 3.58. The van der Waals surface area contributed by atoms with Gasteiger partial charge in [0.15, 0.2) is 0 Å². The minimum Gasteiger partial charge on any atom is -0.316 e. The van der Waals surface area contributed by atoms with E-state index >= 15 is 0 Å². The van der Waals surface area contributed by atoms with Crippen molar-refractivity contribution in [2.24, 2.45) is 5.41 Å². The van der Waals surface area contributed by atoms with Gasteiger partial charge in [0.05, 0.1) is 0 Å². The van der Waals surface area contributed by atoms with Crippen LogP contribution in [0.1, 0.15) is 42.9 Å². The minimum atomic E-state index is 0.488. The van der Waals surface area contributed by atoms with Gasteiger partial charge in [-0.05, 0) is 41.9 Å². The Bertz CT molecular complexity index is 461. The van der Waals surface area contributed by atoms with Crippen LogP contribution >= 0.6 is 0 Å². The van der Waals surface area contributed by atoms with Gasteiger partial charge in [-0.25, -0.2) is 0 Å². The first-order valence-electron chi connectivity index (χ1n) is 6.70. The normalized spacial score (nSPS) is 31.5. The molecular formula is C16H21N. The van der Waals surface area contributed by atoms with Crippen LogP contribution in [0, 0.1) is 5.41 Å². The molecule has 1 aliphatic heterocycles. The van der Waals surface area contributed by atoms with Crippen molar-refractivity contribution in [3.05, 3.63) is 41.0 Å². The summed E-state index contributed by atoms with van der Waals surface area (Å²) in [7, 11) is 0. The largest absolute Gasteiger partial charge is 0.316 e. The molecule has 0 spiro atoms. The molecule has 1 aliphatic carbocycles. The number of fused-ring (bicyclic) bond motifs is 3. The first-order valence-corrected chi connectivity index (χ1v) is 6.70. The number of allylic oxidation sites excluding steroid dienone is 1. The average Bonchev–Trinajstić information content (AvgIpc) is 2.72. The highest BCUT2D eigenvalue weighted by molar-refractivity contribution is 5.57. The van der Waals surface area contributed by atoms with Gasteiger partial charge in [0.25, 0.3) is 0 Å². The van der Waals surface area contributed by atoms with Crippen LogP contribution in [0.4, 0.5) is 0 Å². The summed E-state index contributed by atoms with van der Waals surface area (Å²) < 4.78 is 0. The molecule has 2 aliphatic rings. The van der Waals surface area contributed by atoms with Gasteiger partial charge in [-0.2, -0.15) is 0 Å². The van der Waals surface area contributed by atoms with Gasteiger partial charge in [0, 0.05) is 19.0 Å². The summed E-state index contributed by atoms with van der Waals surface area (Å²) >= 11 is 0. The van der Waals surface area contributed by atoms with Crippen molar-refractivity contribution < 1.29 is 0 Å². The molecule has 1 aromatic carbocycles. The fraction of sp³-hybridized carbons (Fsp3) is 0.500. The number of nitrogens with one attached hydrogen (secondary N) is 1. The molecule has 0 radical (unpaired) electrons. The maximum Gasteiger partial charge on any atom is 0.00324 e. The highest BCUT2D eigenvalue weighted by Crippen LogP contribution is 2.48. The van der Waals surface area contributed by atoms with Crippen molar-refractivity contribution in [1.82, 2.24) is 5.32 Å². The summed E-state index contributed by atoms with van der Waals surface area (Å²) in [6.07, 6.45) is 6.97. The lowest BCUT2D eigenvalue weighted by Crippen LogP contribution is -2.30. The van der Waals surface area contributed by atoms with Crippen molar-refractivity contribution in [3.8, 4) is 0 Å². The van der Waals surface area contributed by atoms with E-state index in [9.17, 15) is 0 Å². The molecule has 0 saturated carbocycles. The summed E-state index contributed by atoms with van der Waals surface area (Å²) in [5, 5.41) is 3.58. The highest BCUT2D eigenvalue weighted by atomic mass is 14.9. The van der Waals surface area contributed by atoms with Crippen LogP contribution in [-0.4, -0.2) is 13.1 Å². The highest BCUT2D eigenvalue weighted by Gasteiger charge is 2.43. The van der Waals surface area contributed by atoms with Gasteiger partial charge in [-0.15, -0.1) is 0 Å². The van der Waals surface area contributed by atoms with Gasteiger partial charge >= 0.3 is 0 Å². The quantitative estimate of drug-likeness (QED) is 0.775. The van der Waals surface area contributed by atoms with Crippen LogP contribution in [0.5, 0.6) is 0 Å². The summed E-state index contributed by atoms with van der Waals surface area (Å²) in [5.74, 6) is 0.719. The molecule has 3 rings (SSSR count). The third-order valence-corrected chi connectivity index (χ3v) is 4.63. The van der Waals surface area contributed by atoms with Crippen LogP contribution < -0.4 is 5.32 Å². The van der Waals surface area contributed by atoms with Gasteiger partial charge < -0.3 is 5.32 Å². The zero-order chi connectivity index (χ0) is 11.9. The Morgan fingerprint density at radius 2 is 2.29 bits per heavy atom. The molecule has 1 saturated heterocycles. The van der Waals surface area contributed by atoms with E-state index in [0.29, 0.717) is 5.41 Å². The SMILES string of the molecule is C/C=C\c1cccc2c1CC[C@]1(C)CNC[C@@H]21. The van der Waals surface area contributed by atoms with Crippen molar-refractivity contribution in [1.29, 1.82) is 0 Å². The van der Waals surface area contributed by atoms with Crippen LogP contribution in [0.15, 0.2) is 24.3 Å². The molecule has 1 N–H and O–H groups in total. The van der Waals surface area contributed by atoms with Crippen molar-refractivity contribution in [3.63, 3.8) is 0 Å². The molecule has 1 aromatic rings. The lowest BCUT2D eigenvalue weighted by atomic mass is 9.66. The number of rotatable bonds is 1. The fourth-order valence-electron chi connectivity index (χ4n) is 3.60. The first kappa shape index (κ1) is 11.0. The number of benzene rings is 1. The number of hydrogen-bond donors (Lipinski definition) is 1. The van der Waals surface area contributed by atoms with Gasteiger partial charge in [0.1, 0.15) is 0 Å². The van der Waals surface area contributed by atoms with Gasteiger partial charge in [-0.3, -0.25) is 0 Å². The summed E-state index contributed by atoms with van der Waals surface area (Å²) in [4.78, 5) is 0. The molecular weight excluding hydrogens is 206 g/mol. The van der Waals surface area contributed by atoms with E-state index in [1.54, 1.807) is 11.1 Å². The van der Waals surface area contributed by atoms with Crippen LogP contribution in [0.25, 0.3) is 6.08 Å². The molecule has 2 atom stereocenters. The molecule has 0 aromatic heterocycles. The Kier molecular flexibility index (Phi) is 2.59. The predicted octanol–water partition coefficient (Wildman–Crippen LogP) is 3.36. The maximum atomic E-state index is 3.58. The van der Waals surface area contributed by atoms with Gasteiger partial charge in [0.2, 0.25) is 0 Å². The van der Waals surface area contributed by atoms with Crippen molar-refractivity contribution >= 4 is 6.08 Å². The minimum absolute atomic E-state index is 0.488. The Morgan fingerprint density at radius 1 is 1.41 bits per heavy atom. The summed E-state index contributed by atoms with van der Waals surface area (Å²) in [6, 6.07) is 6.82.